The van der Waals surface area contributed by atoms with E-state index in [4.69, 9.17) is 5.73 Å². The second-order valence-corrected chi connectivity index (χ2v) is 5.70. The smallest absolute Gasteiger partial charge is 0.321 e. The molecule has 0 aromatic heterocycles. The first-order valence-corrected chi connectivity index (χ1v) is 6.99. The third-order valence-electron chi connectivity index (χ3n) is 2.50. The van der Waals surface area contributed by atoms with Crippen molar-refractivity contribution < 1.29 is 26.7 Å². The lowest BCUT2D eigenvalue weighted by molar-refractivity contribution is -0.140. The highest BCUT2D eigenvalue weighted by molar-refractivity contribution is 7.89. The second kappa shape index (κ2) is 6.14. The average molecular weight is 308 g/mol. The number of ether oxygens (including phenoxy) is 1. The Morgan fingerprint density at radius 2 is 1.85 bits per heavy atom. The fraction of sp³-hybridized carbons (Fsp3) is 0.364. The third kappa shape index (κ3) is 3.23. The van der Waals surface area contributed by atoms with Crippen molar-refractivity contribution in [2.24, 2.45) is 0 Å². The summed E-state index contributed by atoms with van der Waals surface area (Å²) in [5, 5.41) is 0. The van der Waals surface area contributed by atoms with Gasteiger partial charge in [-0.25, -0.2) is 17.2 Å². The Labute approximate surface area is 115 Å². The molecule has 20 heavy (non-hydrogen) atoms. The molecule has 0 bridgehead atoms. The van der Waals surface area contributed by atoms with E-state index in [1.54, 1.807) is 0 Å². The lowest BCUT2D eigenvalue weighted by atomic mass is 10.3. The Bertz CT molecular complexity index is 596. The summed E-state index contributed by atoms with van der Waals surface area (Å²) in [4.78, 5) is 10.0. The van der Waals surface area contributed by atoms with Crippen molar-refractivity contribution in [1.29, 1.82) is 0 Å². The van der Waals surface area contributed by atoms with Crippen LogP contribution in [0.15, 0.2) is 17.0 Å². The van der Waals surface area contributed by atoms with Crippen LogP contribution in [0.1, 0.15) is 6.92 Å². The van der Waals surface area contributed by atoms with Crippen LogP contribution < -0.4 is 5.73 Å². The SMILES string of the molecule is CCN(CC(=O)OC)S(=O)(=O)c1c(F)cc(N)cc1F. The molecule has 1 aromatic rings. The van der Waals surface area contributed by atoms with Gasteiger partial charge in [-0.2, -0.15) is 4.31 Å². The Hall–Kier alpha value is -1.74. The monoisotopic (exact) mass is 308 g/mol. The van der Waals surface area contributed by atoms with Crippen LogP contribution in [-0.2, 0) is 19.6 Å². The van der Waals surface area contributed by atoms with E-state index in [0.29, 0.717) is 16.4 Å². The molecule has 1 rings (SSSR count). The molecule has 112 valence electrons. The topological polar surface area (TPSA) is 89.7 Å². The van der Waals surface area contributed by atoms with Gasteiger partial charge in [0.1, 0.15) is 18.2 Å². The zero-order chi connectivity index (χ0) is 15.5. The van der Waals surface area contributed by atoms with Crippen molar-refractivity contribution in [2.75, 3.05) is 25.9 Å². The average Bonchev–Trinajstić information content (AvgIpc) is 2.33. The molecule has 0 aliphatic carbocycles. The van der Waals surface area contributed by atoms with Crippen molar-refractivity contribution >= 4 is 21.7 Å². The maximum Gasteiger partial charge on any atom is 0.321 e. The van der Waals surface area contributed by atoms with Crippen molar-refractivity contribution in [3.63, 3.8) is 0 Å². The number of carbonyl (C=O) groups is 1. The van der Waals surface area contributed by atoms with Gasteiger partial charge in [0.2, 0.25) is 10.0 Å². The largest absolute Gasteiger partial charge is 0.468 e. The Morgan fingerprint density at radius 1 is 1.35 bits per heavy atom. The van der Waals surface area contributed by atoms with Crippen molar-refractivity contribution in [3.8, 4) is 0 Å². The van der Waals surface area contributed by atoms with Crippen LogP contribution in [0.3, 0.4) is 0 Å². The molecular weight excluding hydrogens is 294 g/mol. The maximum absolute atomic E-state index is 13.7. The first kappa shape index (κ1) is 16.3. The summed E-state index contributed by atoms with van der Waals surface area (Å²) in [5.74, 6) is -3.47. The van der Waals surface area contributed by atoms with Crippen LogP contribution in [0.2, 0.25) is 0 Å². The highest BCUT2D eigenvalue weighted by Crippen LogP contribution is 2.24. The minimum Gasteiger partial charge on any atom is -0.468 e. The van der Waals surface area contributed by atoms with Gasteiger partial charge in [0.05, 0.1) is 7.11 Å². The van der Waals surface area contributed by atoms with Gasteiger partial charge in [-0.1, -0.05) is 6.92 Å². The van der Waals surface area contributed by atoms with E-state index in [9.17, 15) is 22.0 Å². The van der Waals surface area contributed by atoms with E-state index in [2.05, 4.69) is 4.74 Å². The molecule has 2 N–H and O–H groups in total. The lowest BCUT2D eigenvalue weighted by Gasteiger charge is -2.19. The number of nitrogen functional groups attached to an aromatic ring is 1. The summed E-state index contributed by atoms with van der Waals surface area (Å²) < 4.78 is 56.6. The van der Waals surface area contributed by atoms with Gasteiger partial charge in [0.25, 0.3) is 0 Å². The molecular formula is C11H14F2N2O4S. The highest BCUT2D eigenvalue weighted by atomic mass is 32.2. The molecule has 0 amide bonds. The molecule has 0 radical (unpaired) electrons. The number of sulfonamides is 1. The molecule has 6 nitrogen and oxygen atoms in total. The van der Waals surface area contributed by atoms with Gasteiger partial charge >= 0.3 is 5.97 Å². The van der Waals surface area contributed by atoms with Crippen molar-refractivity contribution in [1.82, 2.24) is 4.31 Å². The maximum atomic E-state index is 13.7. The number of nitrogens with zero attached hydrogens (tertiary/aromatic N) is 1. The number of halogens is 2. The fourth-order valence-electron chi connectivity index (χ4n) is 1.53. The lowest BCUT2D eigenvalue weighted by Crippen LogP contribution is -2.37. The van der Waals surface area contributed by atoms with Gasteiger partial charge < -0.3 is 10.5 Å². The molecule has 0 aliphatic heterocycles. The van der Waals surface area contributed by atoms with Gasteiger partial charge in [0, 0.05) is 12.2 Å². The molecule has 0 spiro atoms. The number of esters is 1. The predicted molar refractivity (Wildman–Crippen MR) is 67.2 cm³/mol. The number of anilines is 1. The summed E-state index contributed by atoms with van der Waals surface area (Å²) in [6, 6.07) is 1.39. The number of methoxy groups -OCH3 is 1. The summed E-state index contributed by atoms with van der Waals surface area (Å²) in [7, 11) is -3.43. The van der Waals surface area contributed by atoms with E-state index in [0.717, 1.165) is 7.11 Å². The number of benzene rings is 1. The minimum absolute atomic E-state index is 0.152. The van der Waals surface area contributed by atoms with Gasteiger partial charge in [-0.15, -0.1) is 0 Å². The van der Waals surface area contributed by atoms with E-state index < -0.39 is 39.1 Å². The van der Waals surface area contributed by atoms with Crippen LogP contribution in [0, 0.1) is 11.6 Å². The van der Waals surface area contributed by atoms with Crippen LogP contribution in [0.5, 0.6) is 0 Å². The van der Waals surface area contributed by atoms with Crippen molar-refractivity contribution in [3.05, 3.63) is 23.8 Å². The number of likely N-dealkylation sites (N-methyl/N-ethyl adjacent to an activating group) is 1. The minimum atomic E-state index is -4.51. The summed E-state index contributed by atoms with van der Waals surface area (Å²) in [6.45, 7) is 0.632. The molecule has 0 heterocycles. The Kier molecular flexibility index (Phi) is 5.01. The quantitative estimate of drug-likeness (QED) is 0.640. The van der Waals surface area contributed by atoms with Crippen molar-refractivity contribution in [2.45, 2.75) is 11.8 Å². The van der Waals surface area contributed by atoms with E-state index in [1.807, 2.05) is 0 Å². The normalized spacial score (nSPS) is 11.7. The number of nitrogens with two attached hydrogens (primary N) is 1. The van der Waals surface area contributed by atoms with E-state index >= 15 is 0 Å². The van der Waals surface area contributed by atoms with Gasteiger partial charge in [0.15, 0.2) is 4.90 Å². The van der Waals surface area contributed by atoms with E-state index in [1.165, 1.54) is 6.92 Å². The Morgan fingerprint density at radius 3 is 2.25 bits per heavy atom. The zero-order valence-corrected chi connectivity index (χ0v) is 11.7. The molecule has 1 aromatic carbocycles. The van der Waals surface area contributed by atoms with E-state index in [-0.39, 0.29) is 12.2 Å². The summed E-state index contributed by atoms with van der Waals surface area (Å²) in [5.41, 5.74) is 4.98. The van der Waals surface area contributed by atoms with Crippen LogP contribution in [0.25, 0.3) is 0 Å². The van der Waals surface area contributed by atoms with Crippen LogP contribution in [0.4, 0.5) is 14.5 Å². The summed E-state index contributed by atoms with van der Waals surface area (Å²) >= 11 is 0. The predicted octanol–water partition coefficient (Wildman–Crippen LogP) is 0.731. The summed E-state index contributed by atoms with van der Waals surface area (Å²) in [6.07, 6.45) is 0. The molecule has 0 fully saturated rings. The number of hydrogen-bond acceptors (Lipinski definition) is 5. The molecule has 0 aliphatic rings. The molecule has 9 heteroatoms. The number of hydrogen-bond donors (Lipinski definition) is 1. The fourth-order valence-corrected chi connectivity index (χ4v) is 3.01. The first-order chi connectivity index (χ1) is 9.23. The standard InChI is InChI=1S/C11H14F2N2O4S/c1-3-15(6-10(16)19-2)20(17,18)11-8(12)4-7(14)5-9(11)13/h4-5H,3,6,14H2,1-2H3. The zero-order valence-electron chi connectivity index (χ0n) is 10.9. The van der Waals surface area contributed by atoms with Crippen LogP contribution in [-0.4, -0.2) is 38.9 Å². The third-order valence-corrected chi connectivity index (χ3v) is 4.48. The highest BCUT2D eigenvalue weighted by Gasteiger charge is 2.31. The van der Waals surface area contributed by atoms with Crippen LogP contribution >= 0.6 is 0 Å². The van der Waals surface area contributed by atoms with Gasteiger partial charge in [-0.3, -0.25) is 4.79 Å². The first-order valence-electron chi connectivity index (χ1n) is 5.55. The molecule has 0 atom stereocenters. The molecule has 0 saturated heterocycles. The number of rotatable bonds is 5. The second-order valence-electron chi connectivity index (χ2n) is 3.82. The molecule has 0 unspecified atom stereocenters. The van der Waals surface area contributed by atoms with Gasteiger partial charge in [-0.05, 0) is 12.1 Å². The Balaban J connectivity index is 3.31. The number of carbonyl (C=O) groups excluding carboxylic acids is 1. The molecule has 0 saturated carbocycles.